The van der Waals surface area contributed by atoms with Crippen molar-refractivity contribution < 1.29 is 4.74 Å². The van der Waals surface area contributed by atoms with Gasteiger partial charge in [0.2, 0.25) is 0 Å². The first-order valence-electron chi connectivity index (χ1n) is 7.15. The Labute approximate surface area is 139 Å². The van der Waals surface area contributed by atoms with Crippen LogP contribution in [0.4, 0.5) is 0 Å². The smallest absolute Gasteiger partial charge is 0.122 e. The molecule has 0 aliphatic heterocycles. The molecular weight excluding hydrogens is 319 g/mol. The summed E-state index contributed by atoms with van der Waals surface area (Å²) < 4.78 is 5.79. The van der Waals surface area contributed by atoms with E-state index in [1.165, 1.54) is 0 Å². The summed E-state index contributed by atoms with van der Waals surface area (Å²) in [5.74, 6) is 1.83. The van der Waals surface area contributed by atoms with Crippen LogP contribution >= 0.6 is 23.2 Å². The lowest BCUT2D eigenvalue weighted by atomic mass is 10.2. The normalized spacial score (nSPS) is 11.0. The van der Waals surface area contributed by atoms with E-state index in [0.717, 1.165) is 46.0 Å². The highest BCUT2D eigenvalue weighted by Gasteiger charge is 2.04. The molecule has 2 aromatic carbocycles. The molecule has 0 atom stereocenters. The Bertz CT molecular complexity index is 798. The Morgan fingerprint density at radius 2 is 1.86 bits per heavy atom. The zero-order valence-electron chi connectivity index (χ0n) is 12.2. The maximum absolute atomic E-state index is 5.97. The van der Waals surface area contributed by atoms with Crippen molar-refractivity contribution in [3.8, 4) is 5.75 Å². The molecule has 22 heavy (non-hydrogen) atoms. The Morgan fingerprint density at radius 1 is 1.09 bits per heavy atom. The summed E-state index contributed by atoms with van der Waals surface area (Å²) in [4.78, 5) is 7.83. The lowest BCUT2D eigenvalue weighted by Gasteiger charge is -2.08. The topological polar surface area (TPSA) is 37.9 Å². The van der Waals surface area contributed by atoms with Gasteiger partial charge in [0.15, 0.2) is 0 Å². The summed E-state index contributed by atoms with van der Waals surface area (Å²) in [7, 11) is 0. The van der Waals surface area contributed by atoms with Crippen molar-refractivity contribution in [1.82, 2.24) is 9.97 Å². The molecule has 5 heteroatoms. The van der Waals surface area contributed by atoms with E-state index in [1.807, 2.05) is 43.3 Å². The SMILES string of the molecule is Cc1cc(Cl)ccc1OCCCc1nc2ccc(Cl)cc2[nH]1. The molecule has 0 saturated carbocycles. The molecule has 3 nitrogen and oxygen atoms in total. The third-order valence-electron chi connectivity index (χ3n) is 3.45. The second-order valence-corrected chi connectivity index (χ2v) is 6.08. The van der Waals surface area contributed by atoms with E-state index in [2.05, 4.69) is 9.97 Å². The average molecular weight is 335 g/mol. The van der Waals surface area contributed by atoms with Crippen LogP contribution in [0.1, 0.15) is 17.8 Å². The highest BCUT2D eigenvalue weighted by Crippen LogP contribution is 2.22. The fourth-order valence-corrected chi connectivity index (χ4v) is 2.75. The lowest BCUT2D eigenvalue weighted by Crippen LogP contribution is -2.01. The number of rotatable bonds is 5. The molecule has 3 aromatic rings. The van der Waals surface area contributed by atoms with Crippen LogP contribution < -0.4 is 4.74 Å². The molecule has 0 radical (unpaired) electrons. The number of benzene rings is 2. The monoisotopic (exact) mass is 334 g/mol. The molecule has 0 aliphatic carbocycles. The standard InChI is InChI=1S/C17H16Cl2N2O/c1-11-9-12(18)5-7-16(11)22-8-2-3-17-20-14-6-4-13(19)10-15(14)21-17/h4-7,9-10H,2-3,8H2,1H3,(H,20,21). The van der Waals surface area contributed by atoms with Gasteiger partial charge in [-0.2, -0.15) is 0 Å². The molecular formula is C17H16Cl2N2O. The van der Waals surface area contributed by atoms with Gasteiger partial charge in [-0.15, -0.1) is 0 Å². The predicted octanol–water partition coefficient (Wildman–Crippen LogP) is 5.19. The van der Waals surface area contributed by atoms with Gasteiger partial charge in [-0.1, -0.05) is 23.2 Å². The van der Waals surface area contributed by atoms with Gasteiger partial charge >= 0.3 is 0 Å². The summed E-state index contributed by atoms with van der Waals surface area (Å²) in [6, 6.07) is 11.3. The van der Waals surface area contributed by atoms with Gasteiger partial charge in [0, 0.05) is 16.5 Å². The van der Waals surface area contributed by atoms with E-state index < -0.39 is 0 Å². The molecule has 1 aromatic heterocycles. The first-order chi connectivity index (χ1) is 10.6. The van der Waals surface area contributed by atoms with Gasteiger partial charge in [0.1, 0.15) is 11.6 Å². The van der Waals surface area contributed by atoms with Crippen LogP contribution in [0.2, 0.25) is 10.0 Å². The van der Waals surface area contributed by atoms with Gasteiger partial charge in [0.05, 0.1) is 17.6 Å². The Kier molecular flexibility index (Phi) is 4.55. The zero-order chi connectivity index (χ0) is 15.5. The van der Waals surface area contributed by atoms with Crippen molar-refractivity contribution in [2.75, 3.05) is 6.61 Å². The summed E-state index contributed by atoms with van der Waals surface area (Å²) in [5, 5.41) is 1.44. The Balaban J connectivity index is 1.55. The highest BCUT2D eigenvalue weighted by molar-refractivity contribution is 6.31. The van der Waals surface area contributed by atoms with Crippen molar-refractivity contribution in [3.63, 3.8) is 0 Å². The fourth-order valence-electron chi connectivity index (χ4n) is 2.35. The van der Waals surface area contributed by atoms with Gasteiger partial charge < -0.3 is 9.72 Å². The molecule has 1 heterocycles. The average Bonchev–Trinajstić information content (AvgIpc) is 2.87. The van der Waals surface area contributed by atoms with Crippen LogP contribution in [0.15, 0.2) is 36.4 Å². The second-order valence-electron chi connectivity index (χ2n) is 5.21. The number of fused-ring (bicyclic) bond motifs is 1. The van der Waals surface area contributed by atoms with Crippen LogP contribution in [-0.4, -0.2) is 16.6 Å². The minimum absolute atomic E-state index is 0.639. The van der Waals surface area contributed by atoms with E-state index in [1.54, 1.807) is 0 Å². The quantitative estimate of drug-likeness (QED) is 0.652. The minimum atomic E-state index is 0.639. The van der Waals surface area contributed by atoms with Gasteiger partial charge in [-0.25, -0.2) is 4.98 Å². The number of H-pyrrole nitrogens is 1. The maximum atomic E-state index is 5.97. The van der Waals surface area contributed by atoms with Gasteiger partial charge in [0.25, 0.3) is 0 Å². The van der Waals surface area contributed by atoms with Crippen LogP contribution in [0.3, 0.4) is 0 Å². The van der Waals surface area contributed by atoms with Crippen molar-refractivity contribution in [2.24, 2.45) is 0 Å². The molecule has 0 saturated heterocycles. The van der Waals surface area contributed by atoms with E-state index >= 15 is 0 Å². The number of aromatic nitrogens is 2. The summed E-state index contributed by atoms with van der Waals surface area (Å²) in [6.07, 6.45) is 1.72. The molecule has 0 aliphatic rings. The summed E-state index contributed by atoms with van der Waals surface area (Å²) in [5.41, 5.74) is 2.96. The zero-order valence-corrected chi connectivity index (χ0v) is 13.7. The molecule has 3 rings (SSSR count). The first-order valence-corrected chi connectivity index (χ1v) is 7.90. The number of imidazole rings is 1. The third-order valence-corrected chi connectivity index (χ3v) is 3.92. The van der Waals surface area contributed by atoms with E-state index in [0.29, 0.717) is 11.6 Å². The van der Waals surface area contributed by atoms with Crippen molar-refractivity contribution in [1.29, 1.82) is 0 Å². The Morgan fingerprint density at radius 3 is 2.68 bits per heavy atom. The predicted molar refractivity (Wildman–Crippen MR) is 91.1 cm³/mol. The maximum Gasteiger partial charge on any atom is 0.122 e. The number of aromatic amines is 1. The summed E-state index contributed by atoms with van der Waals surface area (Å²) >= 11 is 11.9. The van der Waals surface area contributed by atoms with E-state index in [4.69, 9.17) is 27.9 Å². The first kappa shape index (κ1) is 15.2. The fraction of sp³-hybridized carbons (Fsp3) is 0.235. The Hall–Kier alpha value is -1.71. The van der Waals surface area contributed by atoms with E-state index in [-0.39, 0.29) is 0 Å². The molecule has 0 bridgehead atoms. The van der Waals surface area contributed by atoms with Gasteiger partial charge in [-0.05, 0) is 55.3 Å². The molecule has 0 fully saturated rings. The number of hydrogen-bond acceptors (Lipinski definition) is 2. The molecule has 0 spiro atoms. The third kappa shape index (κ3) is 3.54. The number of ether oxygens (including phenoxy) is 1. The van der Waals surface area contributed by atoms with Crippen molar-refractivity contribution in [2.45, 2.75) is 19.8 Å². The molecule has 0 amide bonds. The van der Waals surface area contributed by atoms with E-state index in [9.17, 15) is 0 Å². The van der Waals surface area contributed by atoms with Crippen molar-refractivity contribution in [3.05, 3.63) is 57.8 Å². The van der Waals surface area contributed by atoms with Crippen LogP contribution in [0.5, 0.6) is 5.75 Å². The molecule has 1 N–H and O–H groups in total. The number of nitrogens with zero attached hydrogens (tertiary/aromatic N) is 1. The highest BCUT2D eigenvalue weighted by atomic mass is 35.5. The van der Waals surface area contributed by atoms with Crippen LogP contribution in [0, 0.1) is 6.92 Å². The largest absolute Gasteiger partial charge is 0.493 e. The summed E-state index contributed by atoms with van der Waals surface area (Å²) in [6.45, 7) is 2.63. The van der Waals surface area contributed by atoms with Gasteiger partial charge in [-0.3, -0.25) is 0 Å². The lowest BCUT2D eigenvalue weighted by molar-refractivity contribution is 0.308. The van der Waals surface area contributed by atoms with Crippen LogP contribution in [0.25, 0.3) is 11.0 Å². The molecule has 0 unspecified atom stereocenters. The second kappa shape index (κ2) is 6.59. The van der Waals surface area contributed by atoms with Crippen molar-refractivity contribution >= 4 is 34.2 Å². The number of nitrogens with one attached hydrogen (secondary N) is 1. The number of aryl methyl sites for hydroxylation is 2. The van der Waals surface area contributed by atoms with Crippen LogP contribution in [-0.2, 0) is 6.42 Å². The number of halogens is 2. The minimum Gasteiger partial charge on any atom is -0.493 e. The molecule has 114 valence electrons. The number of hydrogen-bond donors (Lipinski definition) is 1.